The van der Waals surface area contributed by atoms with Gasteiger partial charge in [0.2, 0.25) is 0 Å². The zero-order chi connectivity index (χ0) is 14.3. The second-order valence-electron chi connectivity index (χ2n) is 5.48. The molecule has 6 nitrogen and oxygen atoms in total. The number of carbonyl (C=O) groups is 1. The van der Waals surface area contributed by atoms with Crippen LogP contribution in [0.4, 0.5) is 0 Å². The molecule has 1 amide bonds. The highest BCUT2D eigenvalue weighted by Gasteiger charge is 2.31. The number of hydrogen-bond acceptors (Lipinski definition) is 5. The van der Waals surface area contributed by atoms with Gasteiger partial charge in [-0.25, -0.2) is 5.84 Å². The molecule has 0 bridgehead atoms. The lowest BCUT2D eigenvalue weighted by Crippen LogP contribution is -2.41. The summed E-state index contributed by atoms with van der Waals surface area (Å²) in [4.78, 5) is 13.7. The number of hydrogen-bond donors (Lipinski definition) is 2. The van der Waals surface area contributed by atoms with Gasteiger partial charge in [-0.3, -0.25) is 15.1 Å². The smallest absolute Gasteiger partial charge is 0.263 e. The summed E-state index contributed by atoms with van der Waals surface area (Å²) < 4.78 is 10.9. The first-order chi connectivity index (χ1) is 9.06. The fraction of sp³-hybridized carbons (Fsp3) is 0.923. The normalized spacial score (nSPS) is 23.3. The van der Waals surface area contributed by atoms with Crippen molar-refractivity contribution in [3.05, 3.63) is 0 Å². The number of rotatable bonds is 8. The van der Waals surface area contributed by atoms with E-state index in [2.05, 4.69) is 24.2 Å². The molecule has 1 heterocycles. The molecule has 0 radical (unpaired) electrons. The van der Waals surface area contributed by atoms with E-state index < -0.39 is 6.10 Å². The van der Waals surface area contributed by atoms with Gasteiger partial charge in [-0.2, -0.15) is 0 Å². The molecule has 2 atom stereocenters. The number of methoxy groups -OCH3 is 1. The zero-order valence-electron chi connectivity index (χ0n) is 12.2. The molecular weight excluding hydrogens is 246 g/mol. The number of ether oxygens (including phenoxy) is 2. The summed E-state index contributed by atoms with van der Waals surface area (Å²) in [6.45, 7) is 7.85. The maximum absolute atomic E-state index is 11.4. The largest absolute Gasteiger partial charge is 0.383 e. The Morgan fingerprint density at radius 1 is 1.53 bits per heavy atom. The maximum Gasteiger partial charge on any atom is 0.263 e. The van der Waals surface area contributed by atoms with Crippen molar-refractivity contribution >= 4 is 5.91 Å². The molecule has 1 aliphatic heterocycles. The zero-order valence-corrected chi connectivity index (χ0v) is 12.2. The number of nitrogens with zero attached hydrogens (tertiary/aromatic N) is 1. The van der Waals surface area contributed by atoms with Crippen LogP contribution in [0.5, 0.6) is 0 Å². The first kappa shape index (κ1) is 16.4. The van der Waals surface area contributed by atoms with Crippen molar-refractivity contribution < 1.29 is 14.3 Å². The monoisotopic (exact) mass is 273 g/mol. The Hall–Kier alpha value is -0.690. The summed E-state index contributed by atoms with van der Waals surface area (Å²) >= 11 is 0. The predicted molar refractivity (Wildman–Crippen MR) is 73.4 cm³/mol. The number of nitrogens with two attached hydrogens (primary N) is 1. The summed E-state index contributed by atoms with van der Waals surface area (Å²) in [5.74, 6) is 5.50. The molecule has 6 heteroatoms. The van der Waals surface area contributed by atoms with Crippen molar-refractivity contribution in [1.82, 2.24) is 10.3 Å². The van der Waals surface area contributed by atoms with Gasteiger partial charge in [0.05, 0.1) is 12.7 Å². The highest BCUT2D eigenvalue weighted by molar-refractivity contribution is 5.80. The average molecular weight is 273 g/mol. The highest BCUT2D eigenvalue weighted by Crippen LogP contribution is 2.20. The number of hydrazine groups is 1. The second kappa shape index (κ2) is 8.47. The van der Waals surface area contributed by atoms with Crippen molar-refractivity contribution in [2.24, 2.45) is 11.8 Å². The molecule has 1 aliphatic rings. The molecule has 3 N–H and O–H groups in total. The number of nitrogens with one attached hydrogen (secondary N) is 1. The lowest BCUT2D eigenvalue weighted by atomic mass is 10.1. The van der Waals surface area contributed by atoms with Crippen LogP contribution in [0.3, 0.4) is 0 Å². The summed E-state index contributed by atoms with van der Waals surface area (Å²) in [5.41, 5.74) is 2.15. The molecule has 1 fully saturated rings. The van der Waals surface area contributed by atoms with E-state index >= 15 is 0 Å². The summed E-state index contributed by atoms with van der Waals surface area (Å²) in [6.07, 6.45) is 1.36. The molecular formula is C13H27N3O3. The van der Waals surface area contributed by atoms with Crippen LogP contribution < -0.4 is 11.3 Å². The Morgan fingerprint density at radius 2 is 2.26 bits per heavy atom. The maximum atomic E-state index is 11.4. The number of amides is 1. The van der Waals surface area contributed by atoms with Crippen LogP contribution in [-0.4, -0.2) is 56.4 Å². The van der Waals surface area contributed by atoms with Crippen molar-refractivity contribution in [3.63, 3.8) is 0 Å². The predicted octanol–water partition coefficient (Wildman–Crippen LogP) is 0.128. The van der Waals surface area contributed by atoms with Gasteiger partial charge < -0.3 is 9.47 Å². The summed E-state index contributed by atoms with van der Waals surface area (Å²) in [6, 6.07) is 0. The Kier molecular flexibility index (Phi) is 7.30. The third-order valence-corrected chi connectivity index (χ3v) is 3.24. The van der Waals surface area contributed by atoms with Crippen molar-refractivity contribution in [2.45, 2.75) is 38.9 Å². The van der Waals surface area contributed by atoms with Gasteiger partial charge in [-0.05, 0) is 18.8 Å². The van der Waals surface area contributed by atoms with Gasteiger partial charge in [-0.1, -0.05) is 13.8 Å². The van der Waals surface area contributed by atoms with Gasteiger partial charge in [-0.15, -0.1) is 0 Å². The molecule has 0 saturated carbocycles. The summed E-state index contributed by atoms with van der Waals surface area (Å²) in [5, 5.41) is 0. The first-order valence-corrected chi connectivity index (χ1v) is 6.94. The molecule has 0 aromatic heterocycles. The molecule has 0 spiro atoms. The van der Waals surface area contributed by atoms with Gasteiger partial charge >= 0.3 is 0 Å². The third-order valence-electron chi connectivity index (χ3n) is 3.24. The molecule has 1 saturated heterocycles. The topological polar surface area (TPSA) is 76.8 Å². The van der Waals surface area contributed by atoms with Gasteiger partial charge in [0.1, 0.15) is 6.10 Å². The quantitative estimate of drug-likeness (QED) is 0.373. The van der Waals surface area contributed by atoms with E-state index in [-0.39, 0.29) is 12.0 Å². The fourth-order valence-corrected chi connectivity index (χ4v) is 2.41. The van der Waals surface area contributed by atoms with Crippen LogP contribution in [0, 0.1) is 5.92 Å². The van der Waals surface area contributed by atoms with Crippen LogP contribution in [-0.2, 0) is 14.3 Å². The fourth-order valence-electron chi connectivity index (χ4n) is 2.41. The van der Waals surface area contributed by atoms with E-state index in [0.717, 1.165) is 32.5 Å². The summed E-state index contributed by atoms with van der Waals surface area (Å²) in [7, 11) is 1.71. The molecule has 112 valence electrons. The third kappa shape index (κ3) is 5.86. The Balaban J connectivity index is 2.39. The number of carbonyl (C=O) groups excluding carboxylic acids is 1. The van der Waals surface area contributed by atoms with Crippen LogP contribution in [0.25, 0.3) is 0 Å². The molecule has 2 unspecified atom stereocenters. The van der Waals surface area contributed by atoms with Crippen molar-refractivity contribution in [2.75, 3.05) is 33.4 Å². The molecule has 0 aromatic carbocycles. The van der Waals surface area contributed by atoms with E-state index in [4.69, 9.17) is 15.3 Å². The highest BCUT2D eigenvalue weighted by atomic mass is 16.5. The standard InChI is InChI=1S/C13H27N3O3/c1-10(2)8-16(6-7-18-3)9-11-4-5-12(19-11)13(17)15-14/h10-12H,4-9,14H2,1-3H3,(H,15,17). The van der Waals surface area contributed by atoms with Crippen LogP contribution in [0.2, 0.25) is 0 Å². The van der Waals surface area contributed by atoms with Gasteiger partial charge in [0.25, 0.3) is 5.91 Å². The SMILES string of the molecule is COCCN(CC(C)C)CC1CCC(C(=O)NN)O1. The minimum atomic E-state index is -0.390. The van der Waals surface area contributed by atoms with Crippen molar-refractivity contribution in [3.8, 4) is 0 Å². The van der Waals surface area contributed by atoms with E-state index in [0.29, 0.717) is 12.5 Å². The molecule has 19 heavy (non-hydrogen) atoms. The van der Waals surface area contributed by atoms with Crippen LogP contribution in [0.15, 0.2) is 0 Å². The Morgan fingerprint density at radius 3 is 2.84 bits per heavy atom. The van der Waals surface area contributed by atoms with Crippen LogP contribution >= 0.6 is 0 Å². The van der Waals surface area contributed by atoms with Gasteiger partial charge in [0.15, 0.2) is 0 Å². The molecule has 1 rings (SSSR count). The first-order valence-electron chi connectivity index (χ1n) is 6.94. The average Bonchev–Trinajstić information content (AvgIpc) is 2.82. The second-order valence-corrected chi connectivity index (χ2v) is 5.48. The van der Waals surface area contributed by atoms with E-state index in [1.807, 2.05) is 0 Å². The minimum absolute atomic E-state index is 0.109. The Bertz CT molecular complexity index is 274. The lowest BCUT2D eigenvalue weighted by Gasteiger charge is -2.26. The molecule has 0 aliphatic carbocycles. The van der Waals surface area contributed by atoms with Crippen molar-refractivity contribution in [1.29, 1.82) is 0 Å². The van der Waals surface area contributed by atoms with E-state index in [1.165, 1.54) is 0 Å². The van der Waals surface area contributed by atoms with Crippen LogP contribution in [0.1, 0.15) is 26.7 Å². The lowest BCUT2D eigenvalue weighted by molar-refractivity contribution is -0.132. The van der Waals surface area contributed by atoms with Gasteiger partial charge in [0, 0.05) is 26.7 Å². The Labute approximate surface area is 115 Å². The molecule has 0 aromatic rings. The minimum Gasteiger partial charge on any atom is -0.383 e. The van der Waals surface area contributed by atoms with E-state index in [1.54, 1.807) is 7.11 Å². The van der Waals surface area contributed by atoms with E-state index in [9.17, 15) is 4.79 Å².